The molecule has 4 aromatic carbocycles. The zero-order chi connectivity index (χ0) is 19.3. The number of aryl methyl sites for hydroxylation is 2. The molecule has 0 unspecified atom stereocenters. The molecule has 1 N–H and O–H groups in total. The fraction of sp³-hybridized carbons (Fsp3) is 0.160. The first-order valence-electron chi connectivity index (χ1n) is 9.72. The zero-order valence-electron chi connectivity index (χ0n) is 16.2. The van der Waals surface area contributed by atoms with Crippen molar-refractivity contribution >= 4 is 38.9 Å². The number of fused-ring (bicyclic) bond motifs is 1. The normalized spacial score (nSPS) is 12.5. The summed E-state index contributed by atoms with van der Waals surface area (Å²) in [7, 11) is 3.97. The van der Waals surface area contributed by atoms with Crippen molar-refractivity contribution < 1.29 is 0 Å². The van der Waals surface area contributed by atoms with E-state index in [0.717, 1.165) is 24.2 Å². The molecule has 1 aliphatic rings. The molecule has 4 aromatic rings. The Hall–Kier alpha value is -3.33. The highest BCUT2D eigenvalue weighted by atomic mass is 15.3. The van der Waals surface area contributed by atoms with Gasteiger partial charge in [0.15, 0.2) is 0 Å². The van der Waals surface area contributed by atoms with Crippen LogP contribution in [0.15, 0.2) is 72.8 Å². The van der Waals surface area contributed by atoms with E-state index in [0.29, 0.717) is 5.96 Å². The number of nitrogens with one attached hydrogen (secondary N) is 1. The molecule has 0 saturated carbocycles. The third-order valence-corrected chi connectivity index (χ3v) is 5.98. The highest BCUT2D eigenvalue weighted by Crippen LogP contribution is 2.37. The van der Waals surface area contributed by atoms with E-state index in [4.69, 9.17) is 5.41 Å². The topological polar surface area (TPSA) is 30.3 Å². The van der Waals surface area contributed by atoms with Crippen molar-refractivity contribution in [1.82, 2.24) is 0 Å². The number of nitrogens with zero attached hydrogens (tertiary/aromatic N) is 2. The molecule has 138 valence electrons. The van der Waals surface area contributed by atoms with E-state index < -0.39 is 0 Å². The standard InChI is InChI=1S/C25H23N3/c1-27(21-13-10-17-6-3-4-7-20(17)16-21)25(26)28(2)23-15-12-19-9-5-8-18-11-14-22(23)24(18)19/h3-10,12-13,15-16,26H,11,14H2,1-2H3. The van der Waals surface area contributed by atoms with E-state index in [2.05, 4.69) is 72.8 Å². The summed E-state index contributed by atoms with van der Waals surface area (Å²) >= 11 is 0. The van der Waals surface area contributed by atoms with Gasteiger partial charge in [-0.15, -0.1) is 0 Å². The third-order valence-electron chi connectivity index (χ3n) is 5.98. The van der Waals surface area contributed by atoms with Crippen LogP contribution in [0.1, 0.15) is 11.1 Å². The number of rotatable bonds is 2. The maximum absolute atomic E-state index is 8.83. The van der Waals surface area contributed by atoms with Gasteiger partial charge in [0.2, 0.25) is 5.96 Å². The Labute approximate surface area is 165 Å². The van der Waals surface area contributed by atoms with Crippen molar-refractivity contribution in [2.24, 2.45) is 0 Å². The van der Waals surface area contributed by atoms with Crippen LogP contribution < -0.4 is 9.80 Å². The highest BCUT2D eigenvalue weighted by Gasteiger charge is 2.22. The number of hydrogen-bond acceptors (Lipinski definition) is 1. The second-order valence-electron chi connectivity index (χ2n) is 7.55. The molecule has 28 heavy (non-hydrogen) atoms. The minimum absolute atomic E-state index is 0.468. The lowest BCUT2D eigenvalue weighted by Crippen LogP contribution is -2.40. The predicted molar refractivity (Wildman–Crippen MR) is 120 cm³/mol. The first-order chi connectivity index (χ1) is 13.6. The van der Waals surface area contributed by atoms with Crippen LogP contribution in [0.2, 0.25) is 0 Å². The molecule has 0 saturated heterocycles. The molecule has 0 radical (unpaired) electrons. The van der Waals surface area contributed by atoms with E-state index in [1.54, 1.807) is 0 Å². The Morgan fingerprint density at radius 2 is 1.50 bits per heavy atom. The SMILES string of the molecule is CN(C(=N)N(C)c1ccc2cccc3c2c1CC3)c1ccc2ccccc2c1. The van der Waals surface area contributed by atoms with Gasteiger partial charge < -0.3 is 9.80 Å². The summed E-state index contributed by atoms with van der Waals surface area (Å²) in [5.74, 6) is 0.468. The van der Waals surface area contributed by atoms with E-state index in [1.807, 2.05) is 23.9 Å². The molecule has 3 nitrogen and oxygen atoms in total. The van der Waals surface area contributed by atoms with Gasteiger partial charge in [0.1, 0.15) is 0 Å². The zero-order valence-corrected chi connectivity index (χ0v) is 16.2. The number of guanidine groups is 1. The molecule has 1 aliphatic carbocycles. The van der Waals surface area contributed by atoms with Gasteiger partial charge in [-0.05, 0) is 63.7 Å². The van der Waals surface area contributed by atoms with Gasteiger partial charge in [0.05, 0.1) is 0 Å². The molecular formula is C25H23N3. The van der Waals surface area contributed by atoms with Crippen LogP contribution in [0.5, 0.6) is 0 Å². The largest absolute Gasteiger partial charge is 0.316 e. The summed E-state index contributed by atoms with van der Waals surface area (Å²) in [4.78, 5) is 3.95. The molecule has 0 aromatic heterocycles. The van der Waals surface area contributed by atoms with Crippen molar-refractivity contribution in [1.29, 1.82) is 5.41 Å². The van der Waals surface area contributed by atoms with E-state index >= 15 is 0 Å². The van der Waals surface area contributed by atoms with Gasteiger partial charge in [-0.25, -0.2) is 0 Å². The van der Waals surface area contributed by atoms with Gasteiger partial charge >= 0.3 is 0 Å². The van der Waals surface area contributed by atoms with E-state index in [1.165, 1.54) is 32.7 Å². The van der Waals surface area contributed by atoms with Crippen molar-refractivity contribution in [2.75, 3.05) is 23.9 Å². The van der Waals surface area contributed by atoms with Gasteiger partial charge in [-0.1, -0.05) is 54.6 Å². The molecule has 0 atom stereocenters. The lowest BCUT2D eigenvalue weighted by molar-refractivity contribution is 1.01. The third kappa shape index (κ3) is 2.55. The Morgan fingerprint density at radius 3 is 2.36 bits per heavy atom. The van der Waals surface area contributed by atoms with Crippen LogP contribution in [0.3, 0.4) is 0 Å². The summed E-state index contributed by atoms with van der Waals surface area (Å²) in [6.45, 7) is 0. The summed E-state index contributed by atoms with van der Waals surface area (Å²) < 4.78 is 0. The van der Waals surface area contributed by atoms with Crippen molar-refractivity contribution in [3.63, 3.8) is 0 Å². The molecule has 0 spiro atoms. The first kappa shape index (κ1) is 16.8. The fourth-order valence-corrected chi connectivity index (χ4v) is 4.41. The Kier molecular flexibility index (Phi) is 3.83. The minimum atomic E-state index is 0.468. The Morgan fingerprint density at radius 1 is 0.750 bits per heavy atom. The van der Waals surface area contributed by atoms with Crippen LogP contribution in [0.25, 0.3) is 21.5 Å². The highest BCUT2D eigenvalue weighted by molar-refractivity contribution is 6.08. The summed E-state index contributed by atoms with van der Waals surface area (Å²) in [5.41, 5.74) is 4.95. The van der Waals surface area contributed by atoms with Crippen molar-refractivity contribution in [3.05, 3.63) is 83.9 Å². The maximum atomic E-state index is 8.83. The minimum Gasteiger partial charge on any atom is -0.316 e. The lowest BCUT2D eigenvalue weighted by atomic mass is 10.0. The quantitative estimate of drug-likeness (QED) is 0.370. The second-order valence-corrected chi connectivity index (χ2v) is 7.55. The van der Waals surface area contributed by atoms with Crippen LogP contribution in [0, 0.1) is 5.41 Å². The van der Waals surface area contributed by atoms with Crippen LogP contribution in [0.4, 0.5) is 11.4 Å². The Balaban J connectivity index is 1.51. The average Bonchev–Trinajstić information content (AvgIpc) is 3.18. The molecule has 3 heteroatoms. The van der Waals surface area contributed by atoms with Crippen LogP contribution in [-0.2, 0) is 12.8 Å². The van der Waals surface area contributed by atoms with Crippen molar-refractivity contribution in [3.8, 4) is 0 Å². The molecule has 0 bridgehead atoms. The molecule has 0 aliphatic heterocycles. The fourth-order valence-electron chi connectivity index (χ4n) is 4.41. The molecular weight excluding hydrogens is 342 g/mol. The van der Waals surface area contributed by atoms with Crippen LogP contribution in [-0.4, -0.2) is 20.1 Å². The molecule has 0 amide bonds. The molecule has 0 heterocycles. The molecule has 0 fully saturated rings. The van der Waals surface area contributed by atoms with Gasteiger partial charge in [0, 0.05) is 25.5 Å². The number of hydrogen-bond donors (Lipinski definition) is 1. The average molecular weight is 365 g/mol. The van der Waals surface area contributed by atoms with Gasteiger partial charge in [0.25, 0.3) is 0 Å². The number of anilines is 2. The first-order valence-corrected chi connectivity index (χ1v) is 9.72. The van der Waals surface area contributed by atoms with Crippen LogP contribution >= 0.6 is 0 Å². The summed E-state index contributed by atoms with van der Waals surface area (Å²) in [6.07, 6.45) is 2.13. The second kappa shape index (κ2) is 6.38. The van der Waals surface area contributed by atoms with E-state index in [9.17, 15) is 0 Å². The number of benzene rings is 4. The maximum Gasteiger partial charge on any atom is 0.202 e. The predicted octanol–water partition coefficient (Wildman–Crippen LogP) is 5.60. The monoisotopic (exact) mass is 365 g/mol. The van der Waals surface area contributed by atoms with Gasteiger partial charge in [-0.2, -0.15) is 0 Å². The summed E-state index contributed by atoms with van der Waals surface area (Å²) in [5, 5.41) is 13.9. The summed E-state index contributed by atoms with van der Waals surface area (Å²) in [6, 6.07) is 25.6. The van der Waals surface area contributed by atoms with E-state index in [-0.39, 0.29) is 0 Å². The Bertz CT molecular complexity index is 1230. The van der Waals surface area contributed by atoms with Crippen molar-refractivity contribution in [2.45, 2.75) is 12.8 Å². The molecule has 5 rings (SSSR count). The smallest absolute Gasteiger partial charge is 0.202 e. The lowest BCUT2D eigenvalue weighted by Gasteiger charge is -2.29. The van der Waals surface area contributed by atoms with Gasteiger partial charge in [-0.3, -0.25) is 5.41 Å².